The number of aromatic nitrogens is 1. The maximum Gasteiger partial charge on any atom is 0.145 e. The maximum atomic E-state index is 5.93. The molecule has 1 aromatic carbocycles. The molecule has 0 bridgehead atoms. The van der Waals surface area contributed by atoms with Gasteiger partial charge in [-0.25, -0.2) is 0 Å². The summed E-state index contributed by atoms with van der Waals surface area (Å²) < 4.78 is 5.93. The van der Waals surface area contributed by atoms with E-state index in [1.807, 2.05) is 24.4 Å². The Balaban J connectivity index is 1.82. The van der Waals surface area contributed by atoms with Crippen LogP contribution in [-0.4, -0.2) is 24.2 Å². The summed E-state index contributed by atoms with van der Waals surface area (Å²) in [5, 5.41) is 4.71. The van der Waals surface area contributed by atoms with E-state index in [0.717, 1.165) is 42.6 Å². The number of hydrogen-bond acceptors (Lipinski definition) is 3. The Hall–Kier alpha value is -1.61. The van der Waals surface area contributed by atoms with E-state index in [4.69, 9.17) is 4.74 Å². The number of hydrogen-bond donors (Lipinski definition) is 1. The van der Waals surface area contributed by atoms with Crippen LogP contribution >= 0.6 is 0 Å². The van der Waals surface area contributed by atoms with E-state index in [1.165, 1.54) is 12.8 Å². The molecule has 3 nitrogen and oxygen atoms in total. The van der Waals surface area contributed by atoms with Crippen LogP contribution in [0.1, 0.15) is 39.5 Å². The highest BCUT2D eigenvalue weighted by molar-refractivity contribution is 5.84. The molecule has 2 rings (SSSR count). The smallest absolute Gasteiger partial charge is 0.145 e. The van der Waals surface area contributed by atoms with Gasteiger partial charge in [-0.3, -0.25) is 4.98 Å². The van der Waals surface area contributed by atoms with Crippen LogP contribution in [0, 0.1) is 0 Å². The zero-order valence-corrected chi connectivity index (χ0v) is 13.1. The number of rotatable bonds is 9. The van der Waals surface area contributed by atoms with Crippen molar-refractivity contribution in [3.8, 4) is 5.75 Å². The molecule has 1 unspecified atom stereocenters. The molecule has 0 aliphatic rings. The maximum absolute atomic E-state index is 5.93. The Bertz CT molecular complexity index is 536. The van der Waals surface area contributed by atoms with Crippen LogP contribution < -0.4 is 10.1 Å². The van der Waals surface area contributed by atoms with E-state index in [2.05, 4.69) is 36.3 Å². The summed E-state index contributed by atoms with van der Waals surface area (Å²) in [6, 6.07) is 10.7. The predicted octanol–water partition coefficient (Wildman–Crippen LogP) is 4.17. The van der Waals surface area contributed by atoms with Gasteiger partial charge < -0.3 is 10.1 Å². The summed E-state index contributed by atoms with van der Waals surface area (Å²) in [4.78, 5) is 4.41. The van der Waals surface area contributed by atoms with Crippen LogP contribution in [0.5, 0.6) is 5.75 Å². The normalized spacial score (nSPS) is 12.5. The van der Waals surface area contributed by atoms with Gasteiger partial charge in [0.05, 0.1) is 6.61 Å². The number of nitrogens with zero attached hydrogens (tertiary/aromatic N) is 1. The van der Waals surface area contributed by atoms with Gasteiger partial charge >= 0.3 is 0 Å². The van der Waals surface area contributed by atoms with Crippen molar-refractivity contribution >= 4 is 10.9 Å². The van der Waals surface area contributed by atoms with Crippen molar-refractivity contribution in [2.75, 3.05) is 13.2 Å². The standard InChI is InChI=1S/C18H26N2O/c1-3-12-19-16(4-2)10-7-14-21-17-11-5-8-15-9-6-13-20-18(15)17/h5-6,8-9,11,13,16,19H,3-4,7,10,12,14H2,1-2H3. The van der Waals surface area contributed by atoms with E-state index in [-0.39, 0.29) is 0 Å². The van der Waals surface area contributed by atoms with Crippen molar-refractivity contribution in [3.05, 3.63) is 36.5 Å². The topological polar surface area (TPSA) is 34.1 Å². The molecule has 0 spiro atoms. The number of ether oxygens (including phenoxy) is 1. The summed E-state index contributed by atoms with van der Waals surface area (Å²) in [6.07, 6.45) is 6.41. The van der Waals surface area contributed by atoms with E-state index < -0.39 is 0 Å². The average Bonchev–Trinajstić information content (AvgIpc) is 2.54. The molecule has 1 aromatic heterocycles. The zero-order chi connectivity index (χ0) is 14.9. The van der Waals surface area contributed by atoms with Crippen molar-refractivity contribution in [2.24, 2.45) is 0 Å². The van der Waals surface area contributed by atoms with Gasteiger partial charge in [-0.15, -0.1) is 0 Å². The van der Waals surface area contributed by atoms with E-state index >= 15 is 0 Å². The van der Waals surface area contributed by atoms with Gasteiger partial charge in [0.2, 0.25) is 0 Å². The molecule has 0 aliphatic heterocycles. The molecule has 0 aliphatic carbocycles. The highest BCUT2D eigenvalue weighted by atomic mass is 16.5. The Kier molecular flexibility index (Phi) is 6.48. The van der Waals surface area contributed by atoms with Gasteiger partial charge in [0.15, 0.2) is 0 Å². The first-order chi connectivity index (χ1) is 10.3. The molecule has 0 radical (unpaired) electrons. The van der Waals surface area contributed by atoms with Crippen LogP contribution in [0.3, 0.4) is 0 Å². The molecule has 3 heteroatoms. The quantitative estimate of drug-likeness (QED) is 0.702. The molecule has 21 heavy (non-hydrogen) atoms. The van der Waals surface area contributed by atoms with Crippen molar-refractivity contribution in [1.82, 2.24) is 10.3 Å². The molecule has 0 fully saturated rings. The number of nitrogens with one attached hydrogen (secondary N) is 1. The third kappa shape index (κ3) is 4.71. The number of pyridine rings is 1. The predicted molar refractivity (Wildman–Crippen MR) is 88.8 cm³/mol. The Morgan fingerprint density at radius 3 is 2.86 bits per heavy atom. The molecule has 0 saturated carbocycles. The second kappa shape index (κ2) is 8.63. The highest BCUT2D eigenvalue weighted by Crippen LogP contribution is 2.23. The van der Waals surface area contributed by atoms with Gasteiger partial charge in [-0.2, -0.15) is 0 Å². The minimum absolute atomic E-state index is 0.610. The lowest BCUT2D eigenvalue weighted by Crippen LogP contribution is -2.29. The third-order valence-corrected chi connectivity index (χ3v) is 3.73. The number of para-hydroxylation sites is 1. The summed E-state index contributed by atoms with van der Waals surface area (Å²) in [5.41, 5.74) is 0.955. The highest BCUT2D eigenvalue weighted by Gasteiger charge is 2.06. The Labute approximate surface area is 127 Å². The van der Waals surface area contributed by atoms with Crippen molar-refractivity contribution in [3.63, 3.8) is 0 Å². The lowest BCUT2D eigenvalue weighted by molar-refractivity contribution is 0.297. The number of benzene rings is 1. The summed E-state index contributed by atoms with van der Waals surface area (Å²) in [6.45, 7) is 6.30. The molecular formula is C18H26N2O. The van der Waals surface area contributed by atoms with Gasteiger partial charge in [0.1, 0.15) is 11.3 Å². The van der Waals surface area contributed by atoms with Crippen LogP contribution in [0.25, 0.3) is 10.9 Å². The average molecular weight is 286 g/mol. The van der Waals surface area contributed by atoms with Crippen LogP contribution in [0.15, 0.2) is 36.5 Å². The van der Waals surface area contributed by atoms with Gasteiger partial charge in [0, 0.05) is 17.6 Å². The molecule has 1 atom stereocenters. The SMILES string of the molecule is CCCNC(CC)CCCOc1cccc2cccnc12. The van der Waals surface area contributed by atoms with Crippen LogP contribution in [0.2, 0.25) is 0 Å². The van der Waals surface area contributed by atoms with Crippen LogP contribution in [-0.2, 0) is 0 Å². The summed E-state index contributed by atoms with van der Waals surface area (Å²) >= 11 is 0. The minimum Gasteiger partial charge on any atom is -0.491 e. The lowest BCUT2D eigenvalue weighted by atomic mass is 10.1. The van der Waals surface area contributed by atoms with Gasteiger partial charge in [-0.05, 0) is 44.4 Å². The summed E-state index contributed by atoms with van der Waals surface area (Å²) in [7, 11) is 0. The first-order valence-corrected chi connectivity index (χ1v) is 8.05. The molecular weight excluding hydrogens is 260 g/mol. The fraction of sp³-hybridized carbons (Fsp3) is 0.500. The molecule has 114 valence electrons. The Morgan fingerprint density at radius 1 is 1.19 bits per heavy atom. The van der Waals surface area contributed by atoms with E-state index in [1.54, 1.807) is 0 Å². The number of fused-ring (bicyclic) bond motifs is 1. The molecule has 0 saturated heterocycles. The van der Waals surface area contributed by atoms with Crippen molar-refractivity contribution < 1.29 is 4.74 Å². The molecule has 2 aromatic rings. The zero-order valence-electron chi connectivity index (χ0n) is 13.1. The Morgan fingerprint density at radius 2 is 2.05 bits per heavy atom. The molecule has 0 amide bonds. The van der Waals surface area contributed by atoms with Gasteiger partial charge in [0.25, 0.3) is 0 Å². The molecule has 1 heterocycles. The summed E-state index contributed by atoms with van der Waals surface area (Å²) in [5.74, 6) is 0.891. The van der Waals surface area contributed by atoms with E-state index in [9.17, 15) is 0 Å². The second-order valence-electron chi connectivity index (χ2n) is 5.38. The first-order valence-electron chi connectivity index (χ1n) is 8.05. The fourth-order valence-corrected chi connectivity index (χ4v) is 2.50. The minimum atomic E-state index is 0.610. The monoisotopic (exact) mass is 286 g/mol. The van der Waals surface area contributed by atoms with Crippen molar-refractivity contribution in [2.45, 2.75) is 45.6 Å². The van der Waals surface area contributed by atoms with Gasteiger partial charge in [-0.1, -0.05) is 32.0 Å². The van der Waals surface area contributed by atoms with Crippen LogP contribution in [0.4, 0.5) is 0 Å². The second-order valence-corrected chi connectivity index (χ2v) is 5.38. The lowest BCUT2D eigenvalue weighted by Gasteiger charge is -2.16. The first kappa shape index (κ1) is 15.8. The fourth-order valence-electron chi connectivity index (χ4n) is 2.50. The largest absolute Gasteiger partial charge is 0.491 e. The molecule has 1 N–H and O–H groups in total. The van der Waals surface area contributed by atoms with Crippen molar-refractivity contribution in [1.29, 1.82) is 0 Å². The third-order valence-electron chi connectivity index (χ3n) is 3.73. The van der Waals surface area contributed by atoms with E-state index in [0.29, 0.717) is 6.04 Å².